The summed E-state index contributed by atoms with van der Waals surface area (Å²) in [4.78, 5) is 130. The number of sulfonamides is 1. The van der Waals surface area contributed by atoms with E-state index < -0.39 is 118 Å². The summed E-state index contributed by atoms with van der Waals surface area (Å²) in [7, 11) is -4.14. The lowest BCUT2D eigenvalue weighted by atomic mass is 9.98. The summed E-state index contributed by atoms with van der Waals surface area (Å²) in [5.74, 6) is -6.83. The number of hydrogen-bond acceptors (Lipinski definition) is 15. The molecule has 0 aromatic heterocycles. The first kappa shape index (κ1) is 79.1. The van der Waals surface area contributed by atoms with Crippen LogP contribution in [0.2, 0.25) is 0 Å². The van der Waals surface area contributed by atoms with E-state index in [1.807, 2.05) is 129 Å². The number of amides is 8. The monoisotopic (exact) mass is 1530 g/mol. The van der Waals surface area contributed by atoms with Crippen molar-refractivity contribution in [3.05, 3.63) is 226 Å². The number of ether oxygens (including phenoxy) is 3. The Morgan fingerprint density at radius 1 is 0.575 bits per heavy atom. The molecule has 8 aromatic rings. The lowest BCUT2D eigenvalue weighted by Crippen LogP contribution is -2.61. The molecule has 25 nitrogen and oxygen atoms in total. The minimum Gasteiger partial charge on any atom is -0.429 e. The van der Waals surface area contributed by atoms with E-state index >= 15 is 14.4 Å². The van der Waals surface area contributed by atoms with Crippen LogP contribution >= 0.6 is 15.9 Å². The molecule has 1 saturated heterocycles. The number of hydrogen-bond donors (Lipinski definition) is 10. The zero-order valence-corrected chi connectivity index (χ0v) is 61.6. The quantitative estimate of drug-likeness (QED) is 0.00605. The number of likely N-dealkylation sites (tertiary alicyclic amines) is 1. The molecule has 0 spiro atoms. The molecular formula is C79H88BrN11O14S. The molecule has 1 fully saturated rings. The smallest absolute Gasteiger partial charge is 0.429 e. The number of carbonyl (C=O) groups is 9. The van der Waals surface area contributed by atoms with Gasteiger partial charge in [0.25, 0.3) is 10.0 Å². The topological polar surface area (TPSA) is 365 Å². The lowest BCUT2D eigenvalue weighted by Gasteiger charge is -2.30. The number of nitrogens with two attached hydrogens (primary N) is 1. The standard InChI is InChI=1S/C79H88BrN11O14S/c1-49(2)40-65(72(94)85-64(77(99)91-39-15-25-70(91)71(81)93)24-14-38-83-78(82)90-106(101,102)62-36-26-50(3)27-37-62)86-75(97)68(45-55-29-33-57-19-9-11-21-59(57)42-55)87-74(96)67(43-52-30-34-61(35-31-52)105-79(100)104-47-60-22-12-13-23-63(60)80)88-76(98)69(48-103-46-53-16-6-5-7-17-53)89-73(95)66(84-51(4)92)44-54-28-32-56-18-8-10-20-58(56)41-54/h5-13,16-23,26-37,41-42,49,64-70H,14-15,24-25,38-40,43-48H2,1-4H3,(H2,81,93)(H,84,92)(H,85,94)(H,86,97)(H,87,96)(H,88,98)(H,89,95)(H3,82,83,90)/t64-,65-,66+,67-,68+,69-,70-/m0/s1. The molecule has 0 aliphatic carbocycles. The number of nitrogens with one attached hydrogen (secondary N) is 9. The van der Waals surface area contributed by atoms with Crippen molar-refractivity contribution in [1.29, 1.82) is 5.41 Å². The van der Waals surface area contributed by atoms with Gasteiger partial charge in [-0.05, 0) is 119 Å². The molecule has 0 radical (unpaired) electrons. The van der Waals surface area contributed by atoms with Crippen molar-refractivity contribution in [1.82, 2.24) is 46.8 Å². The average Bonchev–Trinajstić information content (AvgIpc) is 1.73. The van der Waals surface area contributed by atoms with Crippen LogP contribution in [0.5, 0.6) is 5.75 Å². The molecule has 1 heterocycles. The van der Waals surface area contributed by atoms with E-state index in [1.54, 1.807) is 55.5 Å². The van der Waals surface area contributed by atoms with Crippen molar-refractivity contribution in [3.63, 3.8) is 0 Å². The number of halogens is 1. The number of primary amides is 1. The highest BCUT2D eigenvalue weighted by molar-refractivity contribution is 9.10. The van der Waals surface area contributed by atoms with Crippen LogP contribution in [0.15, 0.2) is 197 Å². The summed E-state index contributed by atoms with van der Waals surface area (Å²) in [6.45, 7) is 6.27. The maximum atomic E-state index is 15.6. The van der Waals surface area contributed by atoms with Gasteiger partial charge >= 0.3 is 6.16 Å². The minimum absolute atomic E-state index is 0.00224. The predicted molar refractivity (Wildman–Crippen MR) is 404 cm³/mol. The van der Waals surface area contributed by atoms with Crippen molar-refractivity contribution >= 4 is 107 Å². The molecule has 0 bridgehead atoms. The van der Waals surface area contributed by atoms with E-state index in [1.165, 1.54) is 36.1 Å². The van der Waals surface area contributed by atoms with Crippen LogP contribution in [0.4, 0.5) is 4.79 Å². The van der Waals surface area contributed by atoms with Crippen LogP contribution in [-0.2, 0) is 90.3 Å². The Hall–Kier alpha value is -11.0. The molecule has 0 unspecified atom stereocenters. The highest BCUT2D eigenvalue weighted by Gasteiger charge is 2.39. The molecule has 8 amide bonds. The van der Waals surface area contributed by atoms with E-state index in [-0.39, 0.29) is 87.8 Å². The van der Waals surface area contributed by atoms with E-state index in [9.17, 15) is 37.2 Å². The van der Waals surface area contributed by atoms with Crippen molar-refractivity contribution in [3.8, 4) is 5.75 Å². The molecule has 8 aromatic carbocycles. The van der Waals surface area contributed by atoms with Crippen molar-refractivity contribution < 1.29 is 65.8 Å². The summed E-state index contributed by atoms with van der Waals surface area (Å²) in [5, 5.41) is 31.6. The number of carbonyl (C=O) groups excluding carboxylic acids is 9. The Morgan fingerprint density at radius 2 is 1.08 bits per heavy atom. The maximum absolute atomic E-state index is 15.6. The van der Waals surface area contributed by atoms with E-state index in [0.29, 0.717) is 28.7 Å². The molecule has 556 valence electrons. The van der Waals surface area contributed by atoms with Gasteiger partial charge in [0.2, 0.25) is 53.2 Å². The minimum atomic E-state index is -4.14. The molecule has 11 N–H and O–H groups in total. The fourth-order valence-electron chi connectivity index (χ4n) is 12.2. The highest BCUT2D eigenvalue weighted by Crippen LogP contribution is 2.24. The SMILES string of the molecule is CC(=O)N[C@H](Cc1ccc2ccccc2c1)C(=O)N[C@@H](COCc1ccccc1)C(=O)N[C@@H](Cc1ccc(OC(=O)OCc2ccccc2Br)cc1)C(=O)N[C@H](Cc1ccc2ccccc2c1)C(=O)N[C@@H](CC(C)C)C(=O)N[C@@H](CCCNC(=N)NS(=O)(=O)c1ccc(C)cc1)C(=O)N1CCC[C@H]1C(N)=O. The number of aryl methyl sites for hydroxylation is 1. The van der Waals surface area contributed by atoms with Gasteiger partial charge in [-0.2, -0.15) is 0 Å². The molecule has 9 rings (SSSR count). The number of benzene rings is 8. The highest BCUT2D eigenvalue weighted by atomic mass is 79.9. The van der Waals surface area contributed by atoms with Gasteiger partial charge in [0.1, 0.15) is 54.6 Å². The maximum Gasteiger partial charge on any atom is 0.514 e. The Kier molecular flexibility index (Phi) is 28.4. The van der Waals surface area contributed by atoms with Gasteiger partial charge in [0.05, 0.1) is 18.1 Å². The van der Waals surface area contributed by atoms with Gasteiger partial charge in [0, 0.05) is 49.3 Å². The van der Waals surface area contributed by atoms with Crippen molar-refractivity contribution in [2.45, 2.75) is 139 Å². The second-order valence-electron chi connectivity index (χ2n) is 26.5. The van der Waals surface area contributed by atoms with Gasteiger partial charge in [0.15, 0.2) is 0 Å². The summed E-state index contributed by atoms with van der Waals surface area (Å²) < 4.78 is 46.1. The Bertz CT molecular complexity index is 4570. The van der Waals surface area contributed by atoms with Crippen LogP contribution in [0.3, 0.4) is 0 Å². The third-order valence-electron chi connectivity index (χ3n) is 17.7. The number of guanidine groups is 1. The zero-order chi connectivity index (χ0) is 75.9. The fraction of sp³-hybridized carbons (Fsp3) is 0.316. The van der Waals surface area contributed by atoms with E-state index in [0.717, 1.165) is 37.1 Å². The first-order valence-electron chi connectivity index (χ1n) is 34.9. The van der Waals surface area contributed by atoms with E-state index in [4.69, 9.17) is 25.4 Å². The second kappa shape index (κ2) is 38.1. The molecule has 7 atom stereocenters. The Labute approximate surface area is 623 Å². The third kappa shape index (κ3) is 23.5. The van der Waals surface area contributed by atoms with E-state index in [2.05, 4.69) is 57.9 Å². The first-order chi connectivity index (χ1) is 50.8. The number of rotatable bonds is 34. The van der Waals surface area contributed by atoms with Gasteiger partial charge < -0.3 is 62.1 Å². The largest absolute Gasteiger partial charge is 0.514 e. The van der Waals surface area contributed by atoms with Crippen molar-refractivity contribution in [2.24, 2.45) is 11.7 Å². The summed E-state index contributed by atoms with van der Waals surface area (Å²) >= 11 is 3.45. The zero-order valence-electron chi connectivity index (χ0n) is 59.2. The van der Waals surface area contributed by atoms with Crippen LogP contribution in [0.1, 0.15) is 86.3 Å². The van der Waals surface area contributed by atoms with Gasteiger partial charge in [-0.15, -0.1) is 0 Å². The summed E-state index contributed by atoms with van der Waals surface area (Å²) in [6.07, 6.45) is -0.709. The molecule has 27 heteroatoms. The first-order valence-corrected chi connectivity index (χ1v) is 37.2. The van der Waals surface area contributed by atoms with Gasteiger partial charge in [-0.1, -0.05) is 193 Å². The van der Waals surface area contributed by atoms with Crippen molar-refractivity contribution in [2.75, 3.05) is 19.7 Å². The van der Waals surface area contributed by atoms with Crippen LogP contribution in [-0.4, -0.2) is 135 Å². The van der Waals surface area contributed by atoms with Crippen LogP contribution < -0.4 is 52.4 Å². The van der Waals surface area contributed by atoms with Gasteiger partial charge in [-0.3, -0.25) is 43.8 Å². The van der Waals surface area contributed by atoms with Gasteiger partial charge in [-0.25, -0.2) is 17.9 Å². The predicted octanol–water partition coefficient (Wildman–Crippen LogP) is 7.76. The Balaban J connectivity index is 1.00. The molecule has 106 heavy (non-hydrogen) atoms. The second-order valence-corrected chi connectivity index (χ2v) is 29.0. The van der Waals surface area contributed by atoms with Crippen LogP contribution in [0, 0.1) is 18.3 Å². The summed E-state index contributed by atoms with van der Waals surface area (Å²) in [6, 6.07) is 45.1. The third-order valence-corrected chi connectivity index (χ3v) is 19.9. The summed E-state index contributed by atoms with van der Waals surface area (Å²) in [5.41, 5.74) is 9.75. The van der Waals surface area contributed by atoms with Crippen LogP contribution in [0.25, 0.3) is 21.5 Å². The average molecular weight is 1530 g/mol. The lowest BCUT2D eigenvalue weighted by molar-refractivity contribution is -0.141. The molecule has 1 aliphatic heterocycles. The molecule has 0 saturated carbocycles. The Morgan fingerprint density at radius 3 is 1.67 bits per heavy atom. The number of fused-ring (bicyclic) bond motifs is 2. The molecule has 1 aliphatic rings. The number of nitrogens with zero attached hydrogens (tertiary/aromatic N) is 1. The fourth-order valence-corrected chi connectivity index (χ4v) is 13.6. The normalized spacial score (nSPS) is 14.4. The molecular weight excluding hydrogens is 1440 g/mol.